The molecule has 0 unspecified atom stereocenters. The second-order valence-electron chi connectivity index (χ2n) is 5.42. The number of amides is 1. The van der Waals surface area contributed by atoms with Gasteiger partial charge in [-0.1, -0.05) is 6.07 Å². The largest absolute Gasteiger partial charge is 0.477 e. The smallest absolute Gasteiger partial charge is 0.342 e. The maximum Gasteiger partial charge on any atom is 0.342 e. The molecule has 0 heterocycles. The number of anilines is 1. The van der Waals surface area contributed by atoms with Crippen LogP contribution in [0, 0.1) is 10.1 Å². The molecule has 1 aromatic carbocycles. The summed E-state index contributed by atoms with van der Waals surface area (Å²) >= 11 is 0. The molecule has 8 nitrogen and oxygen atoms in total. The van der Waals surface area contributed by atoms with Crippen molar-refractivity contribution >= 4 is 23.3 Å². The van der Waals surface area contributed by atoms with Crippen LogP contribution in [0.1, 0.15) is 31.1 Å². The van der Waals surface area contributed by atoms with Gasteiger partial charge in [-0.05, 0) is 32.9 Å². The Kier molecular flexibility index (Phi) is 4.85. The summed E-state index contributed by atoms with van der Waals surface area (Å²) in [6, 6.07) is 3.87. The first-order valence-corrected chi connectivity index (χ1v) is 6.17. The number of carboxylic acids is 1. The number of nitrogens with zero attached hydrogens (tertiary/aromatic N) is 1. The number of para-hydroxylation sites is 1. The summed E-state index contributed by atoms with van der Waals surface area (Å²) in [7, 11) is 0. The lowest BCUT2D eigenvalue weighted by Crippen LogP contribution is -2.43. The van der Waals surface area contributed by atoms with E-state index >= 15 is 0 Å². The van der Waals surface area contributed by atoms with Crippen molar-refractivity contribution in [2.24, 2.45) is 0 Å². The normalized spacial score (nSPS) is 10.8. The summed E-state index contributed by atoms with van der Waals surface area (Å²) in [5.41, 5.74) is -1.42. The summed E-state index contributed by atoms with van der Waals surface area (Å²) in [5, 5.41) is 25.3. The number of carbonyl (C=O) groups excluding carboxylic acids is 1. The number of nitro groups is 1. The van der Waals surface area contributed by atoms with Gasteiger partial charge in [0, 0.05) is 5.54 Å². The van der Waals surface area contributed by atoms with Crippen LogP contribution in [-0.2, 0) is 4.79 Å². The van der Waals surface area contributed by atoms with E-state index in [1.807, 2.05) is 0 Å². The fourth-order valence-electron chi connectivity index (χ4n) is 1.69. The molecule has 21 heavy (non-hydrogen) atoms. The standard InChI is InChI=1S/C13H17N3O5/c1-13(2,3)15-10(17)7-14-9-6-4-5-8(12(18)19)11(9)16(20)21/h4-6,14H,7H2,1-3H3,(H,15,17)(H,18,19). The van der Waals surface area contributed by atoms with Crippen LogP contribution in [0.4, 0.5) is 11.4 Å². The third-order valence-corrected chi connectivity index (χ3v) is 2.40. The molecular formula is C13H17N3O5. The number of carbonyl (C=O) groups is 2. The SMILES string of the molecule is CC(C)(C)NC(=O)CNc1cccc(C(=O)O)c1[N+](=O)[O-]. The van der Waals surface area contributed by atoms with Crippen LogP contribution in [0.3, 0.4) is 0 Å². The fraction of sp³-hybridized carbons (Fsp3) is 0.385. The van der Waals surface area contributed by atoms with Crippen LogP contribution in [0.2, 0.25) is 0 Å². The van der Waals surface area contributed by atoms with Gasteiger partial charge in [0.1, 0.15) is 11.3 Å². The topological polar surface area (TPSA) is 122 Å². The third kappa shape index (κ3) is 4.75. The van der Waals surface area contributed by atoms with Crippen LogP contribution in [0.15, 0.2) is 18.2 Å². The molecule has 0 aliphatic rings. The number of hydrogen-bond donors (Lipinski definition) is 3. The molecule has 1 aromatic rings. The number of nitrogens with one attached hydrogen (secondary N) is 2. The summed E-state index contributed by atoms with van der Waals surface area (Å²) in [4.78, 5) is 32.9. The number of nitro benzene ring substituents is 1. The molecule has 0 aliphatic carbocycles. The Morgan fingerprint density at radius 3 is 2.43 bits per heavy atom. The summed E-state index contributed by atoms with van der Waals surface area (Å²) in [6.07, 6.45) is 0. The average molecular weight is 295 g/mol. The molecule has 8 heteroatoms. The molecule has 114 valence electrons. The van der Waals surface area contributed by atoms with E-state index in [9.17, 15) is 19.7 Å². The van der Waals surface area contributed by atoms with Gasteiger partial charge in [-0.25, -0.2) is 4.79 Å². The monoisotopic (exact) mass is 295 g/mol. The Morgan fingerprint density at radius 1 is 1.33 bits per heavy atom. The van der Waals surface area contributed by atoms with E-state index in [1.54, 1.807) is 20.8 Å². The highest BCUT2D eigenvalue weighted by molar-refractivity contribution is 5.96. The average Bonchev–Trinajstić information content (AvgIpc) is 2.33. The lowest BCUT2D eigenvalue weighted by atomic mass is 10.1. The van der Waals surface area contributed by atoms with E-state index in [0.717, 1.165) is 6.07 Å². The van der Waals surface area contributed by atoms with E-state index in [-0.39, 0.29) is 18.1 Å². The Balaban J connectivity index is 2.94. The van der Waals surface area contributed by atoms with Gasteiger partial charge in [-0.3, -0.25) is 14.9 Å². The molecule has 1 rings (SSSR count). The Morgan fingerprint density at radius 2 is 1.95 bits per heavy atom. The van der Waals surface area contributed by atoms with Crippen LogP contribution < -0.4 is 10.6 Å². The van der Waals surface area contributed by atoms with Gasteiger partial charge >= 0.3 is 11.7 Å². The third-order valence-electron chi connectivity index (χ3n) is 2.40. The number of benzene rings is 1. The van der Waals surface area contributed by atoms with Crippen LogP contribution in [0.25, 0.3) is 0 Å². The summed E-state index contributed by atoms with van der Waals surface area (Å²) < 4.78 is 0. The molecule has 3 N–H and O–H groups in total. The number of aromatic carboxylic acids is 1. The van der Waals surface area contributed by atoms with E-state index in [0.29, 0.717) is 0 Å². The van der Waals surface area contributed by atoms with Gasteiger partial charge in [0.2, 0.25) is 5.91 Å². The van der Waals surface area contributed by atoms with Crippen molar-refractivity contribution in [3.63, 3.8) is 0 Å². The quantitative estimate of drug-likeness (QED) is 0.560. The van der Waals surface area contributed by atoms with E-state index < -0.39 is 27.7 Å². The molecule has 0 aromatic heterocycles. The van der Waals surface area contributed by atoms with Gasteiger partial charge in [-0.2, -0.15) is 0 Å². The van der Waals surface area contributed by atoms with Gasteiger partial charge in [-0.15, -0.1) is 0 Å². The molecule has 0 saturated heterocycles. The van der Waals surface area contributed by atoms with Gasteiger partial charge < -0.3 is 15.7 Å². The molecule has 0 saturated carbocycles. The number of carboxylic acid groups (broad SMARTS) is 1. The van der Waals surface area contributed by atoms with Crippen molar-refractivity contribution in [1.82, 2.24) is 5.32 Å². The maximum atomic E-state index is 11.7. The molecule has 0 aliphatic heterocycles. The second kappa shape index (κ2) is 6.21. The molecule has 0 fully saturated rings. The van der Waals surface area contributed by atoms with E-state index in [1.165, 1.54) is 12.1 Å². The van der Waals surface area contributed by atoms with Crippen molar-refractivity contribution < 1.29 is 19.6 Å². The van der Waals surface area contributed by atoms with E-state index in [4.69, 9.17) is 5.11 Å². The first-order valence-electron chi connectivity index (χ1n) is 6.17. The Bertz CT molecular complexity index is 578. The van der Waals surface area contributed by atoms with Gasteiger partial charge in [0.25, 0.3) is 0 Å². The van der Waals surface area contributed by atoms with Crippen molar-refractivity contribution in [3.8, 4) is 0 Å². The van der Waals surface area contributed by atoms with Gasteiger partial charge in [0.05, 0.1) is 11.5 Å². The zero-order valence-corrected chi connectivity index (χ0v) is 12.0. The van der Waals surface area contributed by atoms with Crippen molar-refractivity contribution in [2.75, 3.05) is 11.9 Å². The number of rotatable bonds is 5. The fourth-order valence-corrected chi connectivity index (χ4v) is 1.69. The van der Waals surface area contributed by atoms with Crippen molar-refractivity contribution in [3.05, 3.63) is 33.9 Å². The highest BCUT2D eigenvalue weighted by atomic mass is 16.6. The van der Waals surface area contributed by atoms with Crippen LogP contribution in [-0.4, -0.2) is 34.0 Å². The predicted molar refractivity (Wildman–Crippen MR) is 76.4 cm³/mol. The lowest BCUT2D eigenvalue weighted by molar-refractivity contribution is -0.384. The highest BCUT2D eigenvalue weighted by Crippen LogP contribution is 2.28. The van der Waals surface area contributed by atoms with Crippen molar-refractivity contribution in [1.29, 1.82) is 0 Å². The zero-order valence-electron chi connectivity index (χ0n) is 12.0. The highest BCUT2D eigenvalue weighted by Gasteiger charge is 2.24. The minimum Gasteiger partial charge on any atom is -0.477 e. The first-order chi connectivity index (χ1) is 9.61. The predicted octanol–water partition coefficient (Wildman–Crippen LogP) is 1.62. The molecule has 0 atom stereocenters. The Hall–Kier alpha value is -2.64. The lowest BCUT2D eigenvalue weighted by Gasteiger charge is -2.20. The summed E-state index contributed by atoms with van der Waals surface area (Å²) in [6.45, 7) is 5.22. The summed E-state index contributed by atoms with van der Waals surface area (Å²) in [5.74, 6) is -1.75. The van der Waals surface area contributed by atoms with Crippen LogP contribution in [0.5, 0.6) is 0 Å². The van der Waals surface area contributed by atoms with Crippen LogP contribution >= 0.6 is 0 Å². The van der Waals surface area contributed by atoms with Gasteiger partial charge in [0.15, 0.2) is 0 Å². The molecule has 0 bridgehead atoms. The maximum absolute atomic E-state index is 11.7. The molecule has 0 radical (unpaired) electrons. The van der Waals surface area contributed by atoms with Crippen molar-refractivity contribution in [2.45, 2.75) is 26.3 Å². The Labute approximate surface area is 121 Å². The zero-order chi connectivity index (χ0) is 16.2. The number of hydrogen-bond acceptors (Lipinski definition) is 5. The first kappa shape index (κ1) is 16.4. The molecule has 1 amide bonds. The molecule has 0 spiro atoms. The molecular weight excluding hydrogens is 278 g/mol. The minimum atomic E-state index is -1.40. The second-order valence-corrected chi connectivity index (χ2v) is 5.42. The van der Waals surface area contributed by atoms with E-state index in [2.05, 4.69) is 10.6 Å². The minimum absolute atomic E-state index is 0.0102.